The molecule has 0 fully saturated rings. The van der Waals surface area contributed by atoms with Crippen molar-refractivity contribution >= 4 is 23.1 Å². The maximum absolute atomic E-state index is 11.3. The number of carbonyl (C=O) groups is 1. The van der Waals surface area contributed by atoms with Crippen molar-refractivity contribution in [2.24, 2.45) is 15.3 Å². The predicted molar refractivity (Wildman–Crippen MR) is 68.0 cm³/mol. The highest BCUT2D eigenvalue weighted by Crippen LogP contribution is 2.29. The summed E-state index contributed by atoms with van der Waals surface area (Å²) in [7, 11) is 0. The Balaban J connectivity index is 2.04. The number of hydrogen-bond acceptors (Lipinski definition) is 6. The summed E-state index contributed by atoms with van der Waals surface area (Å²) >= 11 is 0. The second kappa shape index (κ2) is 5.39. The van der Waals surface area contributed by atoms with Gasteiger partial charge in [-0.25, -0.2) is 4.79 Å². The number of hydrazone groups is 1. The van der Waals surface area contributed by atoms with Crippen LogP contribution in [0.5, 0.6) is 0 Å². The molecule has 6 heteroatoms. The first kappa shape index (κ1) is 12.2. The predicted octanol–water partition coefficient (Wildman–Crippen LogP) is 2.63. The Hall–Kier alpha value is -2.24. The van der Waals surface area contributed by atoms with E-state index in [2.05, 4.69) is 20.8 Å². The highest BCUT2D eigenvalue weighted by Gasteiger charge is 2.09. The van der Waals surface area contributed by atoms with Gasteiger partial charge < -0.3 is 4.74 Å². The molecule has 0 amide bonds. The van der Waals surface area contributed by atoms with Crippen LogP contribution < -0.4 is 5.43 Å². The molecule has 0 bridgehead atoms. The Kier molecular flexibility index (Phi) is 3.66. The van der Waals surface area contributed by atoms with Crippen molar-refractivity contribution in [1.82, 2.24) is 0 Å². The van der Waals surface area contributed by atoms with Gasteiger partial charge in [-0.2, -0.15) is 15.3 Å². The van der Waals surface area contributed by atoms with Gasteiger partial charge in [-0.3, -0.25) is 5.43 Å². The molecule has 1 aliphatic heterocycles. The lowest BCUT2D eigenvalue weighted by molar-refractivity contribution is -0.135. The zero-order valence-corrected chi connectivity index (χ0v) is 10.3. The van der Waals surface area contributed by atoms with Gasteiger partial charge >= 0.3 is 5.97 Å². The molecule has 0 spiro atoms. The van der Waals surface area contributed by atoms with E-state index < -0.39 is 5.97 Å². The summed E-state index contributed by atoms with van der Waals surface area (Å²) in [6, 6.07) is 5.65. The average Bonchev–Trinajstić information content (AvgIpc) is 2.83. The first-order valence-electron chi connectivity index (χ1n) is 5.68. The van der Waals surface area contributed by atoms with E-state index >= 15 is 0 Å². The van der Waals surface area contributed by atoms with Crippen LogP contribution in [0.25, 0.3) is 0 Å². The molecule has 1 aliphatic rings. The van der Waals surface area contributed by atoms with Gasteiger partial charge in [-0.1, -0.05) is 6.07 Å². The van der Waals surface area contributed by atoms with Gasteiger partial charge in [0.05, 0.1) is 24.5 Å². The van der Waals surface area contributed by atoms with Crippen molar-refractivity contribution in [2.45, 2.75) is 20.4 Å². The number of nitrogens with zero attached hydrogens (tertiary/aromatic N) is 3. The molecule has 1 N–H and O–H groups in total. The first-order chi connectivity index (χ1) is 8.70. The molecule has 1 aromatic rings. The molecule has 0 aromatic heterocycles. The maximum atomic E-state index is 11.3. The van der Waals surface area contributed by atoms with Crippen LogP contribution in [0.2, 0.25) is 0 Å². The summed E-state index contributed by atoms with van der Waals surface area (Å²) < 4.78 is 4.82. The van der Waals surface area contributed by atoms with Crippen LogP contribution in [0.1, 0.15) is 19.4 Å². The molecule has 1 aromatic carbocycles. The number of hydrogen-bond donors (Lipinski definition) is 1. The number of nitrogens with one attached hydrogen (secondary N) is 1. The van der Waals surface area contributed by atoms with Crippen LogP contribution in [0, 0.1) is 0 Å². The standard InChI is InChI=1S/C12H14N4O2/c1-3-18-12(17)8(2)14-15-10-5-4-9-7-13-16-11(9)6-10/h4-6,15H,3,7H2,1-2H3/b14-8-. The second-order valence-corrected chi connectivity index (χ2v) is 3.77. The maximum Gasteiger partial charge on any atom is 0.354 e. The van der Waals surface area contributed by atoms with E-state index in [1.807, 2.05) is 18.2 Å². The summed E-state index contributed by atoms with van der Waals surface area (Å²) in [6.45, 7) is 4.31. The van der Waals surface area contributed by atoms with E-state index in [-0.39, 0.29) is 5.71 Å². The molecule has 0 saturated heterocycles. The zero-order chi connectivity index (χ0) is 13.0. The van der Waals surface area contributed by atoms with E-state index in [1.54, 1.807) is 13.8 Å². The highest BCUT2D eigenvalue weighted by atomic mass is 16.5. The fraction of sp³-hybridized carbons (Fsp3) is 0.333. The third kappa shape index (κ3) is 2.71. The van der Waals surface area contributed by atoms with E-state index in [9.17, 15) is 4.79 Å². The molecule has 6 nitrogen and oxygen atoms in total. The number of fused-ring (bicyclic) bond motifs is 1. The lowest BCUT2D eigenvalue weighted by atomic mass is 10.2. The highest BCUT2D eigenvalue weighted by molar-refractivity contribution is 6.35. The summed E-state index contributed by atoms with van der Waals surface area (Å²) in [5.74, 6) is -0.425. The molecule has 0 unspecified atom stereocenters. The number of anilines is 1. The summed E-state index contributed by atoms with van der Waals surface area (Å²) in [4.78, 5) is 11.3. The molecule has 0 radical (unpaired) electrons. The van der Waals surface area contributed by atoms with E-state index in [0.29, 0.717) is 13.2 Å². The van der Waals surface area contributed by atoms with Crippen molar-refractivity contribution in [3.05, 3.63) is 23.8 Å². The van der Waals surface area contributed by atoms with Crippen molar-refractivity contribution < 1.29 is 9.53 Å². The minimum atomic E-state index is -0.425. The smallest absolute Gasteiger partial charge is 0.354 e. The number of carbonyl (C=O) groups excluding carboxylic acids is 1. The van der Waals surface area contributed by atoms with Crippen LogP contribution >= 0.6 is 0 Å². The lowest BCUT2D eigenvalue weighted by Gasteiger charge is -2.04. The molecule has 1 heterocycles. The number of azo groups is 1. The molecular formula is C12H14N4O2. The third-order valence-corrected chi connectivity index (χ3v) is 2.43. The van der Waals surface area contributed by atoms with Gasteiger partial charge in [0.25, 0.3) is 0 Å². The minimum Gasteiger partial charge on any atom is -0.461 e. The second-order valence-electron chi connectivity index (χ2n) is 3.77. The fourth-order valence-electron chi connectivity index (χ4n) is 1.48. The Morgan fingerprint density at radius 1 is 1.56 bits per heavy atom. The number of benzene rings is 1. The zero-order valence-electron chi connectivity index (χ0n) is 10.3. The number of ether oxygens (including phenoxy) is 1. The normalized spacial score (nSPS) is 13.3. The van der Waals surface area contributed by atoms with Crippen LogP contribution in [0.15, 0.2) is 33.5 Å². The number of esters is 1. The lowest BCUT2D eigenvalue weighted by Crippen LogP contribution is -2.15. The third-order valence-electron chi connectivity index (χ3n) is 2.43. The minimum absolute atomic E-state index is 0.277. The monoisotopic (exact) mass is 246 g/mol. The van der Waals surface area contributed by atoms with Crippen molar-refractivity contribution in [2.75, 3.05) is 12.0 Å². The summed E-state index contributed by atoms with van der Waals surface area (Å²) in [5.41, 5.74) is 5.76. The Bertz CT molecular complexity index is 523. The molecule has 0 aliphatic carbocycles. The van der Waals surface area contributed by atoms with E-state index in [4.69, 9.17) is 4.74 Å². The van der Waals surface area contributed by atoms with Gasteiger partial charge in [0.2, 0.25) is 0 Å². The number of rotatable bonds is 4. The summed E-state index contributed by atoms with van der Waals surface area (Å²) in [5, 5.41) is 11.9. The summed E-state index contributed by atoms with van der Waals surface area (Å²) in [6.07, 6.45) is 0. The Labute approximate surface area is 105 Å². The van der Waals surface area contributed by atoms with Gasteiger partial charge in [0, 0.05) is 5.56 Å². The van der Waals surface area contributed by atoms with Crippen LogP contribution in [0.4, 0.5) is 11.4 Å². The molecule has 94 valence electrons. The van der Waals surface area contributed by atoms with Gasteiger partial charge in [0.15, 0.2) is 0 Å². The van der Waals surface area contributed by atoms with E-state index in [1.165, 1.54) is 0 Å². The van der Waals surface area contributed by atoms with Crippen molar-refractivity contribution in [1.29, 1.82) is 0 Å². The average molecular weight is 246 g/mol. The van der Waals surface area contributed by atoms with Crippen LogP contribution in [0.3, 0.4) is 0 Å². The van der Waals surface area contributed by atoms with Crippen molar-refractivity contribution in [3.8, 4) is 0 Å². The first-order valence-corrected chi connectivity index (χ1v) is 5.68. The largest absolute Gasteiger partial charge is 0.461 e. The molecule has 0 saturated carbocycles. The Morgan fingerprint density at radius 2 is 2.39 bits per heavy atom. The molecule has 0 atom stereocenters. The van der Waals surface area contributed by atoms with Crippen LogP contribution in [-0.4, -0.2) is 18.3 Å². The van der Waals surface area contributed by atoms with Gasteiger partial charge in [0.1, 0.15) is 5.71 Å². The van der Waals surface area contributed by atoms with Gasteiger partial charge in [-0.05, 0) is 26.0 Å². The SMILES string of the molecule is CCOC(=O)/C(C)=N\Nc1ccc2c(c1)N=NC2. The Morgan fingerprint density at radius 3 is 3.17 bits per heavy atom. The molecular weight excluding hydrogens is 232 g/mol. The van der Waals surface area contributed by atoms with Gasteiger partial charge in [-0.15, -0.1) is 0 Å². The molecule has 2 rings (SSSR count). The van der Waals surface area contributed by atoms with Crippen molar-refractivity contribution in [3.63, 3.8) is 0 Å². The van der Waals surface area contributed by atoms with Crippen LogP contribution in [-0.2, 0) is 16.1 Å². The topological polar surface area (TPSA) is 75.4 Å². The van der Waals surface area contributed by atoms with E-state index in [0.717, 1.165) is 16.9 Å². The molecule has 18 heavy (non-hydrogen) atoms. The quantitative estimate of drug-likeness (QED) is 0.504. The fourth-order valence-corrected chi connectivity index (χ4v) is 1.48.